The lowest BCUT2D eigenvalue weighted by Gasteiger charge is -1.96. The van der Waals surface area contributed by atoms with E-state index in [9.17, 15) is 0 Å². The number of hydrogen-bond acceptors (Lipinski definition) is 1. The van der Waals surface area contributed by atoms with Crippen molar-refractivity contribution in [3.63, 3.8) is 0 Å². The minimum absolute atomic E-state index is 0.720. The van der Waals surface area contributed by atoms with Gasteiger partial charge in [-0.2, -0.15) is 0 Å². The fourth-order valence-corrected chi connectivity index (χ4v) is 0.289. The van der Waals surface area contributed by atoms with E-state index in [1.165, 1.54) is 0 Å². The molecule has 0 spiro atoms. The molecule has 38 valence electrons. The maximum absolute atomic E-state index is 6.55. The molecule has 0 aliphatic heterocycles. The zero-order chi connectivity index (χ0) is 5.70. The first kappa shape index (κ1) is 4.13. The van der Waals surface area contributed by atoms with E-state index in [0.29, 0.717) is 0 Å². The van der Waals surface area contributed by atoms with Crippen LogP contribution in [0.25, 0.3) is 0 Å². The van der Waals surface area contributed by atoms with Crippen molar-refractivity contribution in [2.45, 2.75) is 20.3 Å². The second-order valence-corrected chi connectivity index (χ2v) is 1.93. The number of nitrogens with two attached hydrogens (primary N) is 1. The van der Waals surface area contributed by atoms with Gasteiger partial charge in [0, 0.05) is 0 Å². The first-order chi connectivity index (χ1) is 3.27. The van der Waals surface area contributed by atoms with Gasteiger partial charge in [0.05, 0.1) is 0 Å². The van der Waals surface area contributed by atoms with E-state index >= 15 is 0 Å². The van der Waals surface area contributed by atoms with Crippen LogP contribution in [0.1, 0.15) is 20.3 Å². The molecule has 0 heterocycles. The highest BCUT2D eigenvalue weighted by molar-refractivity contribution is 4.42. The molecule has 0 saturated carbocycles. The van der Waals surface area contributed by atoms with Crippen LogP contribution in [0.4, 0.5) is 0 Å². The molecule has 0 rings (SSSR count). The van der Waals surface area contributed by atoms with Gasteiger partial charge in [-0.3, -0.25) is 0 Å². The molecule has 0 aliphatic carbocycles. The molecule has 0 amide bonds. The van der Waals surface area contributed by atoms with E-state index < -0.39 is 0 Å². The van der Waals surface area contributed by atoms with E-state index in [-0.39, 0.29) is 0 Å². The van der Waals surface area contributed by atoms with Crippen molar-refractivity contribution in [2.24, 2.45) is 11.6 Å². The van der Waals surface area contributed by atoms with Gasteiger partial charge in [-0.05, 0) is 18.9 Å². The Balaban J connectivity index is 2.68. The molecule has 0 bridgehead atoms. The van der Waals surface area contributed by atoms with Crippen molar-refractivity contribution in [1.29, 1.82) is 0 Å². The molecule has 0 aromatic carbocycles. The van der Waals surface area contributed by atoms with Gasteiger partial charge in [0.15, 0.2) is 0 Å². The Labute approximate surface area is 41.0 Å². The molecule has 0 fully saturated rings. The Bertz CT molecular complexity index is 37.1. The Morgan fingerprint density at radius 3 is 2.67 bits per heavy atom. The molecule has 0 radical (unpaired) electrons. The Kier molecular flexibility index (Phi) is 2.18. The molecule has 6 heavy (non-hydrogen) atoms. The Morgan fingerprint density at radius 1 is 1.83 bits per heavy atom. The van der Waals surface area contributed by atoms with Crippen LogP contribution in [0, 0.1) is 5.92 Å². The second kappa shape index (κ2) is 3.16. The third-order valence-corrected chi connectivity index (χ3v) is 0.722. The predicted molar refractivity (Wildman–Crippen MR) is 28.5 cm³/mol. The van der Waals surface area contributed by atoms with E-state index in [1.54, 1.807) is 0 Å². The van der Waals surface area contributed by atoms with E-state index in [1.807, 2.05) is 0 Å². The molecular formula is C5H13N. The van der Waals surface area contributed by atoms with Crippen LogP contribution in [-0.4, -0.2) is 6.54 Å². The molecule has 0 aliphatic rings. The van der Waals surface area contributed by atoms with Gasteiger partial charge in [0.2, 0.25) is 0 Å². The number of rotatable bonds is 3. The van der Waals surface area contributed by atoms with Gasteiger partial charge in [0.1, 0.15) is 1.41 Å². The van der Waals surface area contributed by atoms with Crippen molar-refractivity contribution in [1.82, 2.24) is 0 Å². The predicted octanol–water partition coefficient (Wildman–Crippen LogP) is 0.991. The fraction of sp³-hybridized carbons (Fsp3) is 1.00. The first-order valence-electron chi connectivity index (χ1n) is 2.92. The summed E-state index contributed by atoms with van der Waals surface area (Å²) in [4.78, 5) is 0. The van der Waals surface area contributed by atoms with Gasteiger partial charge >= 0.3 is 0 Å². The minimum Gasteiger partial charge on any atom is -0.330 e. The van der Waals surface area contributed by atoms with Gasteiger partial charge < -0.3 is 5.73 Å². The van der Waals surface area contributed by atoms with Crippen LogP contribution < -0.4 is 5.73 Å². The topological polar surface area (TPSA) is 26.0 Å². The average Bonchev–Trinajstić information content (AvgIpc) is 1.61. The van der Waals surface area contributed by atoms with Crippen molar-refractivity contribution in [3.8, 4) is 0 Å². The van der Waals surface area contributed by atoms with E-state index in [0.717, 1.165) is 18.9 Å². The summed E-state index contributed by atoms with van der Waals surface area (Å²) in [6.45, 7) is 5.12. The van der Waals surface area contributed by atoms with Gasteiger partial charge in [-0.15, -0.1) is 0 Å². The van der Waals surface area contributed by atoms with Crippen LogP contribution in [0.3, 0.4) is 0 Å². The quantitative estimate of drug-likeness (QED) is 0.547. The lowest BCUT2D eigenvalue weighted by Crippen LogP contribution is -2.01. The zero-order valence-corrected chi connectivity index (χ0v) is 4.49. The van der Waals surface area contributed by atoms with Gasteiger partial charge in [-0.25, -0.2) is 0 Å². The minimum atomic E-state index is 0.720. The van der Waals surface area contributed by atoms with E-state index in [2.05, 4.69) is 19.6 Å². The molecular weight excluding hydrogens is 74.1 g/mol. The van der Waals surface area contributed by atoms with Gasteiger partial charge in [-0.1, -0.05) is 13.8 Å². The van der Waals surface area contributed by atoms with Crippen LogP contribution in [0.5, 0.6) is 0 Å². The molecule has 0 aromatic heterocycles. The highest BCUT2D eigenvalue weighted by Gasteiger charge is 1.85. The summed E-state index contributed by atoms with van der Waals surface area (Å²) < 4.78 is 6.55. The highest BCUT2D eigenvalue weighted by atomic mass is 14.5. The maximum Gasteiger partial charge on any atom is 0.118 e. The molecule has 0 saturated heterocycles. The third kappa shape index (κ3) is 3.96. The molecule has 2 N–H and O–H groups in total. The molecule has 1 heteroatoms. The van der Waals surface area contributed by atoms with Crippen molar-refractivity contribution >= 4 is 0 Å². The van der Waals surface area contributed by atoms with Crippen LogP contribution >= 0.6 is 0 Å². The largest absolute Gasteiger partial charge is 0.330 e. The molecule has 0 unspecified atom stereocenters. The summed E-state index contributed by atoms with van der Waals surface area (Å²) in [5.74, 6) is 0.720. The standard InChI is InChI=1S/C5H13N/c1-5(2)3-4-6/h5H,3-4,6H2,1-2H3/i/hD. The maximum atomic E-state index is 6.55. The first-order valence-corrected chi connectivity index (χ1v) is 2.42. The van der Waals surface area contributed by atoms with Crippen LogP contribution in [-0.2, 0) is 0 Å². The second-order valence-electron chi connectivity index (χ2n) is 1.93. The highest BCUT2D eigenvalue weighted by Crippen LogP contribution is 1.93. The van der Waals surface area contributed by atoms with Gasteiger partial charge in [0.25, 0.3) is 0 Å². The third-order valence-electron chi connectivity index (χ3n) is 0.722. The van der Waals surface area contributed by atoms with Crippen LogP contribution in [0.15, 0.2) is 0 Å². The average molecular weight is 88.2 g/mol. The summed E-state index contributed by atoms with van der Waals surface area (Å²) in [7, 11) is 0. The summed E-state index contributed by atoms with van der Waals surface area (Å²) in [5, 5.41) is 0. The van der Waals surface area contributed by atoms with Crippen molar-refractivity contribution in [3.05, 3.63) is 0 Å². The lowest BCUT2D eigenvalue weighted by atomic mass is 10.1. The summed E-state index contributed by atoms with van der Waals surface area (Å²) >= 11 is 0. The van der Waals surface area contributed by atoms with Crippen LogP contribution in [0.2, 0.25) is 1.41 Å². The van der Waals surface area contributed by atoms with E-state index in [4.69, 9.17) is 1.41 Å². The Morgan fingerprint density at radius 2 is 2.50 bits per heavy atom. The SMILES string of the molecule is [2H]NCCC(C)C. The summed E-state index contributed by atoms with van der Waals surface area (Å²) in [5.41, 5.74) is 2.35. The number of hydrogen-bond donors (Lipinski definition) is 1. The summed E-state index contributed by atoms with van der Waals surface area (Å²) in [6.07, 6.45) is 1.10. The fourth-order valence-electron chi connectivity index (χ4n) is 0.289. The lowest BCUT2D eigenvalue weighted by molar-refractivity contribution is 0.596. The molecule has 0 aromatic rings. The normalized spacial score (nSPS) is 12.2. The van der Waals surface area contributed by atoms with Crippen molar-refractivity contribution < 1.29 is 1.41 Å². The Hall–Kier alpha value is -0.0400. The molecule has 1 nitrogen and oxygen atoms in total. The zero-order valence-electron chi connectivity index (χ0n) is 5.49. The molecule has 0 atom stereocenters. The summed E-state index contributed by atoms with van der Waals surface area (Å²) in [6, 6.07) is 0. The van der Waals surface area contributed by atoms with Crippen molar-refractivity contribution in [2.75, 3.05) is 6.54 Å². The monoisotopic (exact) mass is 88.1 g/mol. The smallest absolute Gasteiger partial charge is 0.118 e.